The smallest absolute Gasteiger partial charge is 0.0191 e. The van der Waals surface area contributed by atoms with Crippen molar-refractivity contribution in [3.05, 3.63) is 0 Å². The van der Waals surface area contributed by atoms with E-state index in [2.05, 4.69) is 32.6 Å². The Morgan fingerprint density at radius 3 is 2.17 bits per heavy atom. The topological polar surface area (TPSA) is 29.3 Å². The van der Waals surface area contributed by atoms with Crippen molar-refractivity contribution in [1.82, 2.24) is 4.90 Å². The number of nitrogens with two attached hydrogens (primary N) is 1. The molecule has 1 saturated heterocycles. The molecule has 1 atom stereocenters. The summed E-state index contributed by atoms with van der Waals surface area (Å²) in [6, 6.07) is 0.348. The molecule has 1 aliphatic rings. The van der Waals surface area contributed by atoms with E-state index in [1.54, 1.807) is 0 Å². The Bertz CT molecular complexity index is 144. The van der Waals surface area contributed by atoms with Gasteiger partial charge in [0.1, 0.15) is 0 Å². The second kappa shape index (κ2) is 3.35. The summed E-state index contributed by atoms with van der Waals surface area (Å²) in [4.78, 5) is 2.45. The zero-order chi connectivity index (χ0) is 9.35. The molecule has 0 bridgehead atoms. The van der Waals surface area contributed by atoms with E-state index in [0.717, 1.165) is 6.54 Å². The van der Waals surface area contributed by atoms with Crippen molar-refractivity contribution in [2.24, 2.45) is 17.1 Å². The van der Waals surface area contributed by atoms with Crippen LogP contribution in [0, 0.1) is 11.3 Å². The molecule has 1 rings (SSSR count). The van der Waals surface area contributed by atoms with Crippen molar-refractivity contribution >= 4 is 0 Å². The van der Waals surface area contributed by atoms with Crippen LogP contribution in [-0.2, 0) is 0 Å². The second-order valence-electron chi connectivity index (χ2n) is 5.24. The number of likely N-dealkylation sites (tertiary alicyclic amines) is 1. The quantitative estimate of drug-likeness (QED) is 0.692. The largest absolute Gasteiger partial charge is 0.326 e. The first-order valence-corrected chi connectivity index (χ1v) is 4.89. The maximum absolute atomic E-state index is 5.97. The molecule has 0 radical (unpaired) electrons. The van der Waals surface area contributed by atoms with Gasteiger partial charge in [-0.1, -0.05) is 27.7 Å². The molecule has 0 saturated carbocycles. The van der Waals surface area contributed by atoms with E-state index >= 15 is 0 Å². The van der Waals surface area contributed by atoms with Crippen LogP contribution in [0.25, 0.3) is 0 Å². The maximum atomic E-state index is 5.97. The highest BCUT2D eigenvalue weighted by Crippen LogP contribution is 2.28. The Kier molecular flexibility index (Phi) is 2.79. The van der Waals surface area contributed by atoms with Crippen LogP contribution in [0.15, 0.2) is 0 Å². The van der Waals surface area contributed by atoms with E-state index in [0.29, 0.717) is 17.4 Å². The van der Waals surface area contributed by atoms with Crippen LogP contribution in [-0.4, -0.2) is 30.6 Å². The van der Waals surface area contributed by atoms with Gasteiger partial charge >= 0.3 is 0 Å². The minimum absolute atomic E-state index is 0.348. The van der Waals surface area contributed by atoms with Crippen molar-refractivity contribution in [2.45, 2.75) is 33.7 Å². The molecule has 0 aromatic rings. The fraction of sp³-hybridized carbons (Fsp3) is 1.00. The van der Waals surface area contributed by atoms with E-state index in [9.17, 15) is 0 Å². The third-order valence-electron chi connectivity index (χ3n) is 2.63. The summed E-state index contributed by atoms with van der Waals surface area (Å²) in [6.45, 7) is 12.5. The van der Waals surface area contributed by atoms with Gasteiger partial charge in [0.2, 0.25) is 0 Å². The van der Waals surface area contributed by atoms with Crippen LogP contribution in [0.2, 0.25) is 0 Å². The van der Waals surface area contributed by atoms with Gasteiger partial charge in [-0.2, -0.15) is 0 Å². The van der Waals surface area contributed by atoms with Crippen LogP contribution in [0.3, 0.4) is 0 Å². The molecule has 12 heavy (non-hydrogen) atoms. The van der Waals surface area contributed by atoms with Crippen LogP contribution < -0.4 is 5.73 Å². The van der Waals surface area contributed by atoms with Crippen molar-refractivity contribution in [3.63, 3.8) is 0 Å². The molecular weight excluding hydrogens is 148 g/mol. The molecule has 0 aromatic heterocycles. The van der Waals surface area contributed by atoms with Gasteiger partial charge in [-0.05, 0) is 11.3 Å². The number of hydrogen-bond acceptors (Lipinski definition) is 2. The van der Waals surface area contributed by atoms with Crippen molar-refractivity contribution in [1.29, 1.82) is 0 Å². The average Bonchev–Trinajstić information content (AvgIpc) is 1.83. The lowest BCUT2D eigenvalue weighted by Crippen LogP contribution is -2.56. The van der Waals surface area contributed by atoms with E-state index in [-0.39, 0.29) is 0 Å². The molecule has 1 heterocycles. The van der Waals surface area contributed by atoms with Crippen molar-refractivity contribution in [2.75, 3.05) is 19.6 Å². The van der Waals surface area contributed by atoms with E-state index < -0.39 is 0 Å². The fourth-order valence-corrected chi connectivity index (χ4v) is 1.80. The normalized spacial score (nSPS) is 25.5. The molecule has 2 nitrogen and oxygen atoms in total. The van der Waals surface area contributed by atoms with Crippen molar-refractivity contribution < 1.29 is 0 Å². The lowest BCUT2D eigenvalue weighted by molar-refractivity contribution is 0.0230. The zero-order valence-corrected chi connectivity index (χ0v) is 8.80. The van der Waals surface area contributed by atoms with Gasteiger partial charge in [0.15, 0.2) is 0 Å². The molecule has 1 fully saturated rings. The highest BCUT2D eigenvalue weighted by molar-refractivity contribution is 4.89. The van der Waals surface area contributed by atoms with Gasteiger partial charge in [-0.25, -0.2) is 0 Å². The molecule has 0 aliphatic carbocycles. The summed E-state index contributed by atoms with van der Waals surface area (Å²) in [5.41, 5.74) is 6.51. The van der Waals surface area contributed by atoms with Crippen LogP contribution >= 0.6 is 0 Å². The lowest BCUT2D eigenvalue weighted by atomic mass is 9.84. The Morgan fingerprint density at radius 1 is 1.33 bits per heavy atom. The minimum Gasteiger partial charge on any atom is -0.326 e. The third-order valence-corrected chi connectivity index (χ3v) is 2.63. The van der Waals surface area contributed by atoms with Gasteiger partial charge in [-0.15, -0.1) is 0 Å². The standard InChI is InChI=1S/C10H22N2/c1-8(2)9(11)5-12-6-10(3,4)7-12/h8-9H,5-7,11H2,1-4H3/t9-/m0/s1. The van der Waals surface area contributed by atoms with E-state index in [1.165, 1.54) is 13.1 Å². The summed E-state index contributed by atoms with van der Waals surface area (Å²) in [5, 5.41) is 0. The summed E-state index contributed by atoms with van der Waals surface area (Å²) in [6.07, 6.45) is 0. The van der Waals surface area contributed by atoms with E-state index in [4.69, 9.17) is 5.73 Å². The lowest BCUT2D eigenvalue weighted by Gasteiger charge is -2.47. The molecular formula is C10H22N2. The molecule has 0 spiro atoms. The summed E-state index contributed by atoms with van der Waals surface area (Å²) in [5.74, 6) is 0.605. The molecule has 1 aliphatic heterocycles. The van der Waals surface area contributed by atoms with Gasteiger partial charge < -0.3 is 10.6 Å². The Balaban J connectivity index is 2.19. The van der Waals surface area contributed by atoms with Gasteiger partial charge in [-0.3, -0.25) is 0 Å². The summed E-state index contributed by atoms with van der Waals surface area (Å²) < 4.78 is 0. The first-order chi connectivity index (χ1) is 5.41. The number of hydrogen-bond donors (Lipinski definition) is 1. The molecule has 0 aromatic carbocycles. The van der Waals surface area contributed by atoms with Gasteiger partial charge in [0, 0.05) is 25.7 Å². The van der Waals surface area contributed by atoms with Crippen LogP contribution in [0.4, 0.5) is 0 Å². The SMILES string of the molecule is CC(C)[C@@H](N)CN1CC(C)(C)C1. The minimum atomic E-state index is 0.348. The molecule has 72 valence electrons. The van der Waals surface area contributed by atoms with Gasteiger partial charge in [0.05, 0.1) is 0 Å². The van der Waals surface area contributed by atoms with Gasteiger partial charge in [0.25, 0.3) is 0 Å². The molecule has 0 amide bonds. The third kappa shape index (κ3) is 2.46. The highest BCUT2D eigenvalue weighted by atomic mass is 15.2. The predicted molar refractivity (Wildman–Crippen MR) is 53.0 cm³/mol. The Labute approximate surface area is 76.1 Å². The first-order valence-electron chi connectivity index (χ1n) is 4.89. The zero-order valence-electron chi connectivity index (χ0n) is 8.80. The monoisotopic (exact) mass is 170 g/mol. The Hall–Kier alpha value is -0.0800. The summed E-state index contributed by atoms with van der Waals surface area (Å²) >= 11 is 0. The fourth-order valence-electron chi connectivity index (χ4n) is 1.80. The first kappa shape index (κ1) is 10.0. The molecule has 2 N–H and O–H groups in total. The molecule has 0 unspecified atom stereocenters. The predicted octanol–water partition coefficient (Wildman–Crippen LogP) is 1.31. The summed E-state index contributed by atoms with van der Waals surface area (Å²) in [7, 11) is 0. The highest BCUT2D eigenvalue weighted by Gasteiger charge is 2.34. The van der Waals surface area contributed by atoms with Crippen molar-refractivity contribution in [3.8, 4) is 0 Å². The Morgan fingerprint density at radius 2 is 1.83 bits per heavy atom. The molecule has 2 heteroatoms. The average molecular weight is 170 g/mol. The van der Waals surface area contributed by atoms with Crippen LogP contribution in [0.5, 0.6) is 0 Å². The van der Waals surface area contributed by atoms with Crippen LogP contribution in [0.1, 0.15) is 27.7 Å². The number of nitrogens with zero attached hydrogens (tertiary/aromatic N) is 1. The second-order valence-corrected chi connectivity index (χ2v) is 5.24. The maximum Gasteiger partial charge on any atom is 0.0191 e. The number of rotatable bonds is 3. The van der Waals surface area contributed by atoms with E-state index in [1.807, 2.05) is 0 Å².